The third-order valence-corrected chi connectivity index (χ3v) is 2.83. The predicted octanol–water partition coefficient (Wildman–Crippen LogP) is 4.02. The zero-order valence-corrected chi connectivity index (χ0v) is 11.0. The Bertz CT molecular complexity index is 380. The minimum atomic E-state index is -4.29. The summed E-state index contributed by atoms with van der Waals surface area (Å²) < 4.78 is 36.1. The van der Waals surface area contributed by atoms with Gasteiger partial charge < -0.3 is 5.32 Å². The van der Waals surface area contributed by atoms with Crippen molar-refractivity contribution in [1.29, 1.82) is 0 Å². The van der Waals surface area contributed by atoms with Crippen molar-refractivity contribution in [2.75, 3.05) is 10.6 Å². The number of carbonyl (C=O) groups is 1. The van der Waals surface area contributed by atoms with Gasteiger partial charge in [0.05, 0.1) is 0 Å². The lowest BCUT2D eigenvalue weighted by Gasteiger charge is -2.07. The van der Waals surface area contributed by atoms with Crippen LogP contribution in [0.2, 0.25) is 0 Å². The molecule has 0 atom stereocenters. The van der Waals surface area contributed by atoms with Crippen molar-refractivity contribution in [3.8, 4) is 0 Å². The minimum Gasteiger partial charge on any atom is -0.326 e. The third kappa shape index (κ3) is 5.97. The first-order valence-corrected chi connectivity index (χ1v) is 6.56. The van der Waals surface area contributed by atoms with E-state index in [0.29, 0.717) is 17.4 Å². The molecule has 1 aromatic rings. The molecule has 0 radical (unpaired) electrons. The van der Waals surface area contributed by atoms with E-state index in [9.17, 15) is 18.0 Å². The van der Waals surface area contributed by atoms with E-state index >= 15 is 0 Å². The molecule has 0 saturated carbocycles. The molecule has 1 rings (SSSR count). The van der Waals surface area contributed by atoms with Crippen LogP contribution in [0.15, 0.2) is 29.2 Å². The van der Waals surface area contributed by atoms with E-state index in [2.05, 4.69) is 21.2 Å². The second-order valence-electron chi connectivity index (χ2n) is 3.06. The fourth-order valence-corrected chi connectivity index (χ4v) is 1.95. The standard InChI is InChI=1S/C10H9BrF3NOS/c11-6-5-9(16)15-7-1-3-8(4-2-7)17-10(12,13)14/h1-4H,5-6H2,(H,15,16). The van der Waals surface area contributed by atoms with E-state index in [4.69, 9.17) is 0 Å². The molecule has 1 aromatic carbocycles. The van der Waals surface area contributed by atoms with Crippen LogP contribution in [-0.2, 0) is 4.79 Å². The number of halogens is 4. The summed E-state index contributed by atoms with van der Waals surface area (Å²) in [5, 5.41) is 3.12. The van der Waals surface area contributed by atoms with Gasteiger partial charge in [0.1, 0.15) is 0 Å². The van der Waals surface area contributed by atoms with Crippen LogP contribution < -0.4 is 5.32 Å². The quantitative estimate of drug-likeness (QED) is 0.668. The number of amides is 1. The van der Waals surface area contributed by atoms with Gasteiger partial charge >= 0.3 is 5.51 Å². The van der Waals surface area contributed by atoms with Crippen LogP contribution in [0.25, 0.3) is 0 Å². The fraction of sp³-hybridized carbons (Fsp3) is 0.300. The van der Waals surface area contributed by atoms with Gasteiger partial charge in [-0.25, -0.2) is 0 Å². The van der Waals surface area contributed by atoms with E-state index in [1.807, 2.05) is 0 Å². The summed E-state index contributed by atoms with van der Waals surface area (Å²) in [4.78, 5) is 11.3. The highest BCUT2D eigenvalue weighted by Crippen LogP contribution is 2.36. The number of nitrogens with one attached hydrogen (secondary N) is 1. The normalized spacial score (nSPS) is 11.3. The van der Waals surface area contributed by atoms with E-state index in [-0.39, 0.29) is 22.6 Å². The van der Waals surface area contributed by atoms with Crippen molar-refractivity contribution < 1.29 is 18.0 Å². The maximum atomic E-state index is 12.0. The summed E-state index contributed by atoms with van der Waals surface area (Å²) >= 11 is 2.94. The number of carbonyl (C=O) groups excluding carboxylic acids is 1. The molecule has 0 aliphatic heterocycles. The Morgan fingerprint density at radius 3 is 2.35 bits per heavy atom. The molecule has 0 aliphatic rings. The summed E-state index contributed by atoms with van der Waals surface area (Å²) in [7, 11) is 0. The summed E-state index contributed by atoms with van der Waals surface area (Å²) in [6.45, 7) is 0. The highest BCUT2D eigenvalue weighted by Gasteiger charge is 2.28. The van der Waals surface area contributed by atoms with Gasteiger partial charge in [0.25, 0.3) is 0 Å². The van der Waals surface area contributed by atoms with Crippen LogP contribution in [-0.4, -0.2) is 16.7 Å². The lowest BCUT2D eigenvalue weighted by Crippen LogP contribution is -2.11. The molecule has 2 nitrogen and oxygen atoms in total. The molecule has 1 N–H and O–H groups in total. The number of thioether (sulfide) groups is 1. The SMILES string of the molecule is O=C(CCBr)Nc1ccc(SC(F)(F)F)cc1. The molecule has 0 spiro atoms. The number of alkyl halides is 4. The van der Waals surface area contributed by atoms with Crippen LogP contribution in [0.5, 0.6) is 0 Å². The first-order valence-electron chi connectivity index (χ1n) is 4.62. The van der Waals surface area contributed by atoms with Crippen LogP contribution in [0.3, 0.4) is 0 Å². The molecule has 1 amide bonds. The van der Waals surface area contributed by atoms with Crippen LogP contribution >= 0.6 is 27.7 Å². The minimum absolute atomic E-state index is 0.0935. The van der Waals surface area contributed by atoms with Gasteiger partial charge in [-0.05, 0) is 36.0 Å². The molecule has 0 aromatic heterocycles. The zero-order valence-electron chi connectivity index (χ0n) is 8.55. The second-order valence-corrected chi connectivity index (χ2v) is 4.99. The number of rotatable bonds is 4. The van der Waals surface area contributed by atoms with Gasteiger partial charge in [0.15, 0.2) is 0 Å². The van der Waals surface area contributed by atoms with E-state index < -0.39 is 5.51 Å². The van der Waals surface area contributed by atoms with E-state index in [0.717, 1.165) is 0 Å². The molecule has 17 heavy (non-hydrogen) atoms. The van der Waals surface area contributed by atoms with Crippen LogP contribution in [0.1, 0.15) is 6.42 Å². The molecular formula is C10H9BrF3NOS. The van der Waals surface area contributed by atoms with Crippen molar-refractivity contribution in [3.05, 3.63) is 24.3 Å². The molecule has 0 fully saturated rings. The van der Waals surface area contributed by atoms with Crippen molar-refractivity contribution in [3.63, 3.8) is 0 Å². The summed E-state index contributed by atoms with van der Waals surface area (Å²) in [6.07, 6.45) is 0.319. The Labute approximate surface area is 109 Å². The van der Waals surface area contributed by atoms with Crippen molar-refractivity contribution >= 4 is 39.3 Å². The average molecular weight is 328 g/mol. The Kier molecular flexibility index (Phi) is 5.32. The van der Waals surface area contributed by atoms with E-state index in [1.165, 1.54) is 24.3 Å². The van der Waals surface area contributed by atoms with Crippen molar-refractivity contribution in [2.45, 2.75) is 16.8 Å². The van der Waals surface area contributed by atoms with Gasteiger partial charge in [-0.3, -0.25) is 4.79 Å². The molecular weight excluding hydrogens is 319 g/mol. The molecule has 0 saturated heterocycles. The molecule has 0 heterocycles. The number of hydrogen-bond acceptors (Lipinski definition) is 2. The molecule has 0 aliphatic carbocycles. The smallest absolute Gasteiger partial charge is 0.326 e. The van der Waals surface area contributed by atoms with Gasteiger partial charge in [-0.1, -0.05) is 15.9 Å². The number of hydrogen-bond donors (Lipinski definition) is 1. The lowest BCUT2D eigenvalue weighted by atomic mass is 10.3. The topological polar surface area (TPSA) is 29.1 Å². The van der Waals surface area contributed by atoms with Crippen LogP contribution in [0.4, 0.5) is 18.9 Å². The summed E-state index contributed by atoms with van der Waals surface area (Å²) in [6, 6.07) is 5.53. The molecule has 94 valence electrons. The largest absolute Gasteiger partial charge is 0.446 e. The van der Waals surface area contributed by atoms with Gasteiger partial charge in [0.2, 0.25) is 5.91 Å². The first-order chi connectivity index (χ1) is 7.90. The number of anilines is 1. The molecule has 7 heteroatoms. The second kappa shape index (κ2) is 6.30. The van der Waals surface area contributed by atoms with Crippen molar-refractivity contribution in [2.24, 2.45) is 0 Å². The Morgan fingerprint density at radius 2 is 1.88 bits per heavy atom. The highest BCUT2D eigenvalue weighted by molar-refractivity contribution is 9.09. The molecule has 0 bridgehead atoms. The van der Waals surface area contributed by atoms with Gasteiger partial charge in [0, 0.05) is 22.3 Å². The Morgan fingerprint density at radius 1 is 1.29 bits per heavy atom. The predicted molar refractivity (Wildman–Crippen MR) is 65.4 cm³/mol. The maximum absolute atomic E-state index is 12.0. The first kappa shape index (κ1) is 14.4. The summed E-state index contributed by atoms with van der Waals surface area (Å²) in [5.41, 5.74) is -3.80. The zero-order chi connectivity index (χ0) is 12.9. The van der Waals surface area contributed by atoms with Gasteiger partial charge in [-0.2, -0.15) is 13.2 Å². The highest BCUT2D eigenvalue weighted by atomic mass is 79.9. The molecule has 0 unspecified atom stereocenters. The Hall–Kier alpha value is -0.690. The number of benzene rings is 1. The third-order valence-electron chi connectivity index (χ3n) is 1.69. The lowest BCUT2D eigenvalue weighted by molar-refractivity contribution is -0.115. The Balaban J connectivity index is 2.59. The monoisotopic (exact) mass is 327 g/mol. The average Bonchev–Trinajstić information content (AvgIpc) is 2.19. The van der Waals surface area contributed by atoms with E-state index in [1.54, 1.807) is 0 Å². The maximum Gasteiger partial charge on any atom is 0.446 e. The van der Waals surface area contributed by atoms with Gasteiger partial charge in [-0.15, -0.1) is 0 Å². The van der Waals surface area contributed by atoms with Crippen LogP contribution in [0, 0.1) is 0 Å². The summed E-state index contributed by atoms with van der Waals surface area (Å²) in [5.74, 6) is -0.182. The van der Waals surface area contributed by atoms with Crippen molar-refractivity contribution in [1.82, 2.24) is 0 Å². The fourth-order valence-electron chi connectivity index (χ4n) is 1.05.